The van der Waals surface area contributed by atoms with E-state index in [-0.39, 0.29) is 5.89 Å². The molecule has 2 heterocycles. The molecule has 0 N–H and O–H groups in total. The van der Waals surface area contributed by atoms with Gasteiger partial charge in [-0.3, -0.25) is 4.79 Å². The van der Waals surface area contributed by atoms with Gasteiger partial charge in [0.05, 0.1) is 11.1 Å². The normalized spacial score (nSPS) is 11.2. The van der Waals surface area contributed by atoms with Gasteiger partial charge in [-0.2, -0.15) is 4.98 Å². The number of benzene rings is 3. The molecule has 31 heavy (non-hydrogen) atoms. The third-order valence-corrected chi connectivity index (χ3v) is 5.69. The van der Waals surface area contributed by atoms with Crippen molar-refractivity contribution >= 4 is 39.9 Å². The first-order valence-corrected chi connectivity index (χ1v) is 10.3. The van der Waals surface area contributed by atoms with Gasteiger partial charge < -0.3 is 9.09 Å². The lowest BCUT2D eigenvalue weighted by molar-refractivity contribution is 0.0995. The number of fused-ring (bicyclic) bond motifs is 1. The lowest BCUT2D eigenvalue weighted by atomic mass is 10.1. The van der Waals surface area contributed by atoms with Crippen LogP contribution in [0.1, 0.15) is 21.8 Å². The van der Waals surface area contributed by atoms with Crippen molar-refractivity contribution in [3.63, 3.8) is 0 Å². The second-order valence-electron chi connectivity index (χ2n) is 7.01. The molecule has 0 aliphatic heterocycles. The summed E-state index contributed by atoms with van der Waals surface area (Å²) in [7, 11) is 0. The van der Waals surface area contributed by atoms with E-state index in [2.05, 4.69) is 10.1 Å². The van der Waals surface area contributed by atoms with Gasteiger partial charge in [-0.15, -0.1) is 0 Å². The van der Waals surface area contributed by atoms with E-state index in [0.717, 1.165) is 22.0 Å². The Bertz CT molecular complexity index is 1390. The fourth-order valence-electron chi connectivity index (χ4n) is 3.54. The van der Waals surface area contributed by atoms with Crippen LogP contribution in [-0.4, -0.2) is 20.5 Å². The van der Waals surface area contributed by atoms with Crippen LogP contribution in [0.3, 0.4) is 0 Å². The number of nitrogens with zero attached hydrogens (tertiary/aromatic N) is 3. The van der Waals surface area contributed by atoms with Crippen LogP contribution in [0.5, 0.6) is 0 Å². The van der Waals surface area contributed by atoms with E-state index in [0.29, 0.717) is 28.1 Å². The number of carbonyl (C=O) groups is 1. The van der Waals surface area contributed by atoms with Crippen molar-refractivity contribution in [1.29, 1.82) is 0 Å². The van der Waals surface area contributed by atoms with Gasteiger partial charge in [0, 0.05) is 22.5 Å². The number of para-hydroxylation sites is 1. The van der Waals surface area contributed by atoms with Gasteiger partial charge >= 0.3 is 0 Å². The van der Waals surface area contributed by atoms with E-state index < -0.39 is 5.78 Å². The zero-order valence-corrected chi connectivity index (χ0v) is 17.6. The highest BCUT2D eigenvalue weighted by Crippen LogP contribution is 2.33. The zero-order chi connectivity index (χ0) is 21.4. The van der Waals surface area contributed by atoms with Crippen LogP contribution < -0.4 is 0 Å². The Labute approximate surface area is 187 Å². The topological polar surface area (TPSA) is 60.9 Å². The van der Waals surface area contributed by atoms with Gasteiger partial charge in [0.1, 0.15) is 5.15 Å². The molecule has 0 unspecified atom stereocenters. The molecule has 0 saturated heterocycles. The van der Waals surface area contributed by atoms with E-state index in [4.69, 9.17) is 27.7 Å². The maximum absolute atomic E-state index is 13.3. The molecule has 7 heteroatoms. The van der Waals surface area contributed by atoms with Crippen molar-refractivity contribution in [3.05, 3.63) is 106 Å². The number of carbonyl (C=O) groups excluding carboxylic acids is 1. The van der Waals surface area contributed by atoms with Crippen molar-refractivity contribution in [2.45, 2.75) is 6.54 Å². The van der Waals surface area contributed by atoms with Crippen LogP contribution in [0.15, 0.2) is 83.4 Å². The molecule has 3 aromatic carbocycles. The maximum atomic E-state index is 13.3. The van der Waals surface area contributed by atoms with E-state index in [1.165, 1.54) is 0 Å². The molecule has 0 radical (unpaired) electrons. The summed E-state index contributed by atoms with van der Waals surface area (Å²) in [5, 5.41) is 5.66. The van der Waals surface area contributed by atoms with E-state index in [1.54, 1.807) is 0 Å². The highest BCUT2D eigenvalue weighted by Gasteiger charge is 2.26. The Morgan fingerprint density at radius 1 is 0.903 bits per heavy atom. The average Bonchev–Trinajstić information content (AvgIpc) is 3.40. The fourth-order valence-corrected chi connectivity index (χ4v) is 4.01. The molecule has 0 aliphatic carbocycles. The Balaban J connectivity index is 1.57. The van der Waals surface area contributed by atoms with Gasteiger partial charge in [0.25, 0.3) is 11.7 Å². The lowest BCUT2D eigenvalue weighted by Gasteiger charge is -2.07. The van der Waals surface area contributed by atoms with E-state index in [1.807, 2.05) is 83.4 Å². The Morgan fingerprint density at radius 3 is 2.39 bits per heavy atom. The predicted octanol–water partition coefficient (Wildman–Crippen LogP) is 6.28. The largest absolute Gasteiger partial charge is 0.330 e. The minimum Gasteiger partial charge on any atom is -0.330 e. The Kier molecular flexibility index (Phi) is 5.06. The summed E-state index contributed by atoms with van der Waals surface area (Å²) in [5.74, 6) is -0.161. The molecule has 0 amide bonds. The molecule has 5 nitrogen and oxygen atoms in total. The minimum absolute atomic E-state index is 0.102. The standard InChI is InChI=1S/C24H15Cl2N3O2/c25-17-12-10-15(11-13-17)14-29-19-9-5-4-8-18(19)20(22(29)26)21(30)24-27-23(28-31-24)16-6-2-1-3-7-16/h1-13H,14H2. The fraction of sp³-hybridized carbons (Fsp3) is 0.0417. The number of hydrogen-bond acceptors (Lipinski definition) is 4. The molecule has 0 saturated carbocycles. The zero-order valence-electron chi connectivity index (χ0n) is 16.1. The molecule has 2 aromatic heterocycles. The second-order valence-corrected chi connectivity index (χ2v) is 7.81. The average molecular weight is 448 g/mol. The van der Waals surface area contributed by atoms with Crippen LogP contribution in [0, 0.1) is 0 Å². The smallest absolute Gasteiger partial charge is 0.299 e. The van der Waals surface area contributed by atoms with Gasteiger partial charge in [0.2, 0.25) is 5.82 Å². The summed E-state index contributed by atoms with van der Waals surface area (Å²) in [5.41, 5.74) is 2.96. The third-order valence-electron chi connectivity index (χ3n) is 5.04. The number of halogens is 2. The summed E-state index contributed by atoms with van der Waals surface area (Å²) in [4.78, 5) is 17.6. The molecule has 5 rings (SSSR count). The quantitative estimate of drug-likeness (QED) is 0.297. The number of rotatable bonds is 5. The van der Waals surface area contributed by atoms with E-state index >= 15 is 0 Å². The summed E-state index contributed by atoms with van der Waals surface area (Å²) in [6.45, 7) is 0.489. The first-order valence-electron chi connectivity index (χ1n) is 9.57. The monoisotopic (exact) mass is 447 g/mol. The summed E-state index contributed by atoms with van der Waals surface area (Å²) in [6.07, 6.45) is 0. The van der Waals surface area contributed by atoms with Crippen molar-refractivity contribution in [2.24, 2.45) is 0 Å². The first-order chi connectivity index (χ1) is 15.1. The Morgan fingerprint density at radius 2 is 1.61 bits per heavy atom. The Hall–Kier alpha value is -3.41. The summed E-state index contributed by atoms with van der Waals surface area (Å²) in [6, 6.07) is 24.4. The first kappa shape index (κ1) is 19.5. The number of ketones is 1. The molecule has 0 bridgehead atoms. The molecule has 0 aliphatic rings. The van der Waals surface area contributed by atoms with Crippen molar-refractivity contribution < 1.29 is 9.32 Å². The van der Waals surface area contributed by atoms with Crippen LogP contribution in [-0.2, 0) is 6.54 Å². The molecular weight excluding hydrogens is 433 g/mol. The maximum Gasteiger partial charge on any atom is 0.299 e. The lowest BCUT2D eigenvalue weighted by Crippen LogP contribution is -2.04. The van der Waals surface area contributed by atoms with Crippen molar-refractivity contribution in [3.8, 4) is 11.4 Å². The van der Waals surface area contributed by atoms with Gasteiger partial charge in [-0.05, 0) is 23.8 Å². The minimum atomic E-state index is -0.411. The van der Waals surface area contributed by atoms with Gasteiger partial charge in [0.15, 0.2) is 0 Å². The van der Waals surface area contributed by atoms with Crippen molar-refractivity contribution in [2.75, 3.05) is 0 Å². The number of aromatic nitrogens is 3. The number of hydrogen-bond donors (Lipinski definition) is 0. The summed E-state index contributed by atoms with van der Waals surface area (Å²) < 4.78 is 7.18. The molecule has 0 spiro atoms. The molecule has 5 aromatic rings. The van der Waals surface area contributed by atoms with Crippen molar-refractivity contribution in [1.82, 2.24) is 14.7 Å². The van der Waals surface area contributed by atoms with Crippen LogP contribution in [0.25, 0.3) is 22.3 Å². The molecule has 0 fully saturated rings. The highest BCUT2D eigenvalue weighted by molar-refractivity contribution is 6.36. The van der Waals surface area contributed by atoms with Crippen LogP contribution in [0.2, 0.25) is 10.2 Å². The predicted molar refractivity (Wildman–Crippen MR) is 121 cm³/mol. The second kappa shape index (κ2) is 8.02. The third kappa shape index (κ3) is 3.63. The van der Waals surface area contributed by atoms with Gasteiger partial charge in [-0.25, -0.2) is 0 Å². The molecule has 0 atom stereocenters. The van der Waals surface area contributed by atoms with Gasteiger partial charge in [-0.1, -0.05) is 89.0 Å². The van der Waals surface area contributed by atoms with E-state index in [9.17, 15) is 4.79 Å². The van der Waals surface area contributed by atoms with Crippen LogP contribution in [0.4, 0.5) is 0 Å². The molecular formula is C24H15Cl2N3O2. The SMILES string of the molecule is O=C(c1nc(-c2ccccc2)no1)c1c(Cl)n(Cc2ccc(Cl)cc2)c2ccccc12. The highest BCUT2D eigenvalue weighted by atomic mass is 35.5. The summed E-state index contributed by atoms with van der Waals surface area (Å²) >= 11 is 12.7. The molecule has 152 valence electrons. The van der Waals surface area contributed by atoms with Crippen LogP contribution >= 0.6 is 23.2 Å².